The van der Waals surface area contributed by atoms with E-state index < -0.39 is 0 Å². The van der Waals surface area contributed by atoms with Gasteiger partial charge >= 0.3 is 0 Å². The number of aromatic hydroxyl groups is 1. The first-order valence-corrected chi connectivity index (χ1v) is 7.17. The van der Waals surface area contributed by atoms with Crippen LogP contribution in [-0.4, -0.2) is 29.6 Å². The second-order valence-corrected chi connectivity index (χ2v) is 5.43. The van der Waals surface area contributed by atoms with Crippen LogP contribution in [0.2, 0.25) is 0 Å². The van der Waals surface area contributed by atoms with E-state index in [2.05, 4.69) is 0 Å². The molecule has 20 heavy (non-hydrogen) atoms. The lowest BCUT2D eigenvalue weighted by molar-refractivity contribution is -0.133. The van der Waals surface area contributed by atoms with Crippen molar-refractivity contribution in [2.45, 2.75) is 13.0 Å². The number of rotatable bonds is 5. The van der Waals surface area contributed by atoms with Gasteiger partial charge in [-0.1, -0.05) is 18.2 Å². The molecule has 1 aromatic carbocycles. The maximum absolute atomic E-state index is 12.1. The van der Waals surface area contributed by atoms with Crippen molar-refractivity contribution < 1.29 is 14.6 Å². The predicted molar refractivity (Wildman–Crippen MR) is 79.1 cm³/mol. The van der Waals surface area contributed by atoms with E-state index in [1.807, 2.05) is 24.4 Å². The molecule has 1 amide bonds. The predicted octanol–water partition coefficient (Wildman–Crippen LogP) is 3.05. The fourth-order valence-electron chi connectivity index (χ4n) is 1.76. The van der Waals surface area contributed by atoms with Crippen molar-refractivity contribution in [3.63, 3.8) is 0 Å². The number of thiophene rings is 1. The molecule has 0 saturated heterocycles. The van der Waals surface area contributed by atoms with E-state index in [0.29, 0.717) is 5.75 Å². The maximum atomic E-state index is 12.1. The highest BCUT2D eigenvalue weighted by atomic mass is 32.1. The average molecular weight is 291 g/mol. The van der Waals surface area contributed by atoms with Crippen LogP contribution in [0.1, 0.15) is 17.8 Å². The number of ether oxygens (including phenoxy) is 1. The third kappa shape index (κ3) is 3.30. The Morgan fingerprint density at radius 3 is 2.75 bits per heavy atom. The zero-order valence-corrected chi connectivity index (χ0v) is 12.3. The van der Waals surface area contributed by atoms with Gasteiger partial charge in [-0.3, -0.25) is 4.79 Å². The lowest BCUT2D eigenvalue weighted by Gasteiger charge is -2.24. The van der Waals surface area contributed by atoms with Gasteiger partial charge < -0.3 is 14.7 Å². The minimum atomic E-state index is -0.130. The van der Waals surface area contributed by atoms with Gasteiger partial charge in [0.15, 0.2) is 18.1 Å². The van der Waals surface area contributed by atoms with Crippen molar-refractivity contribution in [2.75, 3.05) is 13.7 Å². The van der Waals surface area contributed by atoms with Crippen LogP contribution in [0.4, 0.5) is 0 Å². The first-order chi connectivity index (χ1) is 9.59. The minimum absolute atomic E-state index is 0.00969. The van der Waals surface area contributed by atoms with Gasteiger partial charge in [-0.05, 0) is 30.5 Å². The Hall–Kier alpha value is -2.01. The molecular weight excluding hydrogens is 274 g/mol. The second kappa shape index (κ2) is 6.43. The Morgan fingerprint density at radius 1 is 1.35 bits per heavy atom. The van der Waals surface area contributed by atoms with Gasteiger partial charge in [0.2, 0.25) is 0 Å². The second-order valence-electron chi connectivity index (χ2n) is 4.45. The molecular formula is C15H17NO3S. The summed E-state index contributed by atoms with van der Waals surface area (Å²) in [4.78, 5) is 14.9. The Kier molecular flexibility index (Phi) is 4.63. The summed E-state index contributed by atoms with van der Waals surface area (Å²) in [5.74, 6) is 0.224. The minimum Gasteiger partial charge on any atom is -0.504 e. The van der Waals surface area contributed by atoms with Gasteiger partial charge in [0.1, 0.15) is 0 Å². The number of carbonyl (C=O) groups excluding carboxylic acids is 1. The fraction of sp³-hybridized carbons (Fsp3) is 0.267. The normalized spacial score (nSPS) is 11.9. The van der Waals surface area contributed by atoms with Gasteiger partial charge in [0, 0.05) is 11.9 Å². The summed E-state index contributed by atoms with van der Waals surface area (Å²) in [6, 6.07) is 10.6. The van der Waals surface area contributed by atoms with Crippen LogP contribution < -0.4 is 4.74 Å². The number of carbonyl (C=O) groups is 1. The van der Waals surface area contributed by atoms with E-state index in [1.165, 1.54) is 6.07 Å². The Balaban J connectivity index is 1.93. The van der Waals surface area contributed by atoms with Gasteiger partial charge in [-0.15, -0.1) is 11.3 Å². The molecule has 0 fully saturated rings. The molecule has 0 aliphatic rings. The number of phenolic OH excluding ortho intramolecular Hbond substituents is 1. The SMILES string of the molecule is CC(c1cccs1)N(C)C(=O)COc1ccccc1O. The highest BCUT2D eigenvalue weighted by molar-refractivity contribution is 7.10. The Labute approximate surface area is 122 Å². The van der Waals surface area contributed by atoms with E-state index in [1.54, 1.807) is 41.5 Å². The average Bonchev–Trinajstić information content (AvgIpc) is 2.98. The number of phenols is 1. The molecule has 0 saturated carbocycles. The zero-order chi connectivity index (χ0) is 14.5. The van der Waals surface area contributed by atoms with Crippen molar-refractivity contribution in [2.24, 2.45) is 0 Å². The molecule has 0 radical (unpaired) electrons. The summed E-state index contributed by atoms with van der Waals surface area (Å²) in [6.07, 6.45) is 0. The number of hydrogen-bond donors (Lipinski definition) is 1. The van der Waals surface area contributed by atoms with Gasteiger partial charge in [0.05, 0.1) is 6.04 Å². The molecule has 1 aromatic heterocycles. The van der Waals surface area contributed by atoms with Gasteiger partial charge in [0.25, 0.3) is 5.91 Å². The maximum Gasteiger partial charge on any atom is 0.260 e. The molecule has 0 aliphatic carbocycles. The summed E-state index contributed by atoms with van der Waals surface area (Å²) >= 11 is 1.62. The number of nitrogens with zero attached hydrogens (tertiary/aromatic N) is 1. The summed E-state index contributed by atoms with van der Waals surface area (Å²) < 4.78 is 5.35. The summed E-state index contributed by atoms with van der Waals surface area (Å²) in [5, 5.41) is 11.6. The van der Waals surface area contributed by atoms with E-state index in [9.17, 15) is 9.90 Å². The van der Waals surface area contributed by atoms with Crippen molar-refractivity contribution in [1.29, 1.82) is 0 Å². The van der Waals surface area contributed by atoms with Crippen LogP contribution >= 0.6 is 11.3 Å². The van der Waals surface area contributed by atoms with Crippen molar-refractivity contribution in [3.05, 3.63) is 46.7 Å². The highest BCUT2D eigenvalue weighted by Crippen LogP contribution is 2.26. The van der Waals surface area contributed by atoms with Crippen molar-refractivity contribution in [1.82, 2.24) is 4.90 Å². The number of hydrogen-bond acceptors (Lipinski definition) is 4. The van der Waals surface area contributed by atoms with Crippen LogP contribution in [0, 0.1) is 0 Å². The van der Waals surface area contributed by atoms with E-state index in [0.717, 1.165) is 4.88 Å². The van der Waals surface area contributed by atoms with Crippen LogP contribution in [0.3, 0.4) is 0 Å². The summed E-state index contributed by atoms with van der Waals surface area (Å²) in [5.41, 5.74) is 0. The molecule has 1 atom stereocenters. The highest BCUT2D eigenvalue weighted by Gasteiger charge is 2.18. The first-order valence-electron chi connectivity index (χ1n) is 6.29. The van der Waals surface area contributed by atoms with E-state index in [-0.39, 0.29) is 24.3 Å². The fourth-order valence-corrected chi connectivity index (χ4v) is 2.58. The van der Waals surface area contributed by atoms with Crippen LogP contribution in [0.15, 0.2) is 41.8 Å². The lowest BCUT2D eigenvalue weighted by atomic mass is 10.2. The molecule has 0 spiro atoms. The molecule has 1 N–H and O–H groups in total. The topological polar surface area (TPSA) is 49.8 Å². The first kappa shape index (κ1) is 14.4. The molecule has 1 unspecified atom stereocenters. The number of benzene rings is 1. The van der Waals surface area contributed by atoms with Crippen LogP contribution in [-0.2, 0) is 4.79 Å². The number of likely N-dealkylation sites (N-methyl/N-ethyl adjacent to an activating group) is 1. The zero-order valence-electron chi connectivity index (χ0n) is 11.4. The Morgan fingerprint density at radius 2 is 2.10 bits per heavy atom. The summed E-state index contributed by atoms with van der Waals surface area (Å²) in [6.45, 7) is 1.88. The summed E-state index contributed by atoms with van der Waals surface area (Å²) in [7, 11) is 1.75. The van der Waals surface area contributed by atoms with E-state index >= 15 is 0 Å². The van der Waals surface area contributed by atoms with Gasteiger partial charge in [-0.25, -0.2) is 0 Å². The van der Waals surface area contributed by atoms with Gasteiger partial charge in [-0.2, -0.15) is 0 Å². The Bertz CT molecular complexity index is 568. The largest absolute Gasteiger partial charge is 0.504 e. The van der Waals surface area contributed by atoms with Crippen LogP contribution in [0.25, 0.3) is 0 Å². The molecule has 0 aliphatic heterocycles. The molecule has 4 nitrogen and oxygen atoms in total. The smallest absolute Gasteiger partial charge is 0.260 e. The third-order valence-electron chi connectivity index (χ3n) is 3.15. The quantitative estimate of drug-likeness (QED) is 0.921. The molecule has 1 heterocycles. The molecule has 0 bridgehead atoms. The monoisotopic (exact) mass is 291 g/mol. The molecule has 2 aromatic rings. The third-order valence-corrected chi connectivity index (χ3v) is 4.19. The van der Waals surface area contributed by atoms with Crippen molar-refractivity contribution >= 4 is 17.2 Å². The molecule has 106 valence electrons. The van der Waals surface area contributed by atoms with E-state index in [4.69, 9.17) is 4.74 Å². The van der Waals surface area contributed by atoms with Crippen LogP contribution in [0.5, 0.6) is 11.5 Å². The van der Waals surface area contributed by atoms with Crippen molar-refractivity contribution in [3.8, 4) is 11.5 Å². The number of amides is 1. The molecule has 5 heteroatoms. The lowest BCUT2D eigenvalue weighted by Crippen LogP contribution is -2.33. The molecule has 2 rings (SSSR count). The number of para-hydroxylation sites is 2. The standard InChI is InChI=1S/C15H17NO3S/c1-11(14-8-5-9-20-14)16(2)15(18)10-19-13-7-4-3-6-12(13)17/h3-9,11,17H,10H2,1-2H3.